The van der Waals surface area contributed by atoms with Gasteiger partial charge in [-0.15, -0.1) is 0 Å². The van der Waals surface area contributed by atoms with Gasteiger partial charge in [0.2, 0.25) is 12.3 Å². The summed E-state index contributed by atoms with van der Waals surface area (Å²) < 4.78 is 1.78. The van der Waals surface area contributed by atoms with E-state index in [0.29, 0.717) is 16.8 Å². The summed E-state index contributed by atoms with van der Waals surface area (Å²) in [6.45, 7) is 0.0979. The second kappa shape index (κ2) is 7.96. The zero-order valence-corrected chi connectivity index (χ0v) is 16.9. The van der Waals surface area contributed by atoms with Crippen LogP contribution < -0.4 is 4.57 Å². The lowest BCUT2D eigenvalue weighted by atomic mass is 9.96. The van der Waals surface area contributed by atoms with Crippen molar-refractivity contribution in [2.24, 2.45) is 0 Å². The van der Waals surface area contributed by atoms with Gasteiger partial charge < -0.3 is 0 Å². The number of carbonyl (C=O) groups excluding carboxylic acids is 2. The quantitative estimate of drug-likeness (QED) is 0.292. The topological polar surface area (TPSA) is 38.0 Å². The summed E-state index contributed by atoms with van der Waals surface area (Å²) in [5, 5.41) is 3.72. The Balaban J connectivity index is 1.68. The minimum atomic E-state index is -0.0885. The van der Waals surface area contributed by atoms with Crippen LogP contribution in [-0.2, 0) is 6.54 Å². The number of hydrogen-bond acceptors (Lipinski definition) is 2. The maximum atomic E-state index is 13.9. The molecule has 0 aliphatic carbocycles. The fourth-order valence-corrected chi connectivity index (χ4v) is 4.06. The van der Waals surface area contributed by atoms with Gasteiger partial charge in [-0.3, -0.25) is 9.59 Å². The van der Waals surface area contributed by atoms with E-state index < -0.39 is 0 Å². The molecule has 0 unspecified atom stereocenters. The van der Waals surface area contributed by atoms with Crippen LogP contribution in [0.25, 0.3) is 21.5 Å². The third-order valence-electron chi connectivity index (χ3n) is 5.60. The highest BCUT2D eigenvalue weighted by Gasteiger charge is 2.27. The lowest BCUT2D eigenvalue weighted by Crippen LogP contribution is -2.43. The first kappa shape index (κ1) is 18.9. The number of fused-ring (bicyclic) bond motifs is 2. The lowest BCUT2D eigenvalue weighted by molar-refractivity contribution is -0.683. The minimum absolute atomic E-state index is 0.0344. The zero-order chi connectivity index (χ0) is 21.2. The van der Waals surface area contributed by atoms with Gasteiger partial charge in [0, 0.05) is 17.2 Å². The second-order valence-corrected chi connectivity index (χ2v) is 7.52. The molecule has 31 heavy (non-hydrogen) atoms. The number of aromatic nitrogens is 1. The van der Waals surface area contributed by atoms with Gasteiger partial charge in [-0.05, 0) is 22.2 Å². The number of nitrogens with zero attached hydrogens (tertiary/aromatic N) is 1. The molecule has 0 spiro atoms. The monoisotopic (exact) mass is 402 g/mol. The van der Waals surface area contributed by atoms with Gasteiger partial charge in [0.05, 0.1) is 5.39 Å². The van der Waals surface area contributed by atoms with Gasteiger partial charge in [-0.2, -0.15) is 4.57 Å². The standard InChI is InChI=1S/C28H20NO2/c30-26(22-11-2-1-3-12-22)19-29-18-17-21-10-5-7-15-24(21)27(29)28(31)25-16-8-13-20-9-4-6-14-23(20)25/h1-18H,19H2/q+1. The molecule has 0 bridgehead atoms. The van der Waals surface area contributed by atoms with Crippen LogP contribution in [0.5, 0.6) is 0 Å². The molecule has 0 amide bonds. The fourth-order valence-electron chi connectivity index (χ4n) is 4.06. The molecule has 0 saturated heterocycles. The smallest absolute Gasteiger partial charge is 0.261 e. The van der Waals surface area contributed by atoms with Crippen molar-refractivity contribution in [3.8, 4) is 0 Å². The summed E-state index contributed by atoms with van der Waals surface area (Å²) in [7, 11) is 0. The first-order chi connectivity index (χ1) is 15.2. The van der Waals surface area contributed by atoms with E-state index in [1.54, 1.807) is 16.7 Å². The molecule has 4 aromatic carbocycles. The zero-order valence-electron chi connectivity index (χ0n) is 16.9. The number of pyridine rings is 1. The van der Waals surface area contributed by atoms with Crippen molar-refractivity contribution >= 4 is 33.1 Å². The predicted octanol–water partition coefficient (Wildman–Crippen LogP) is 5.39. The van der Waals surface area contributed by atoms with Crippen LogP contribution in [0.3, 0.4) is 0 Å². The molecule has 0 atom stereocenters. The van der Waals surface area contributed by atoms with E-state index in [9.17, 15) is 9.59 Å². The Hall–Kier alpha value is -4.11. The Labute approximate surface area is 180 Å². The van der Waals surface area contributed by atoms with E-state index in [-0.39, 0.29) is 18.1 Å². The molecule has 0 N–H and O–H groups in total. The average Bonchev–Trinajstić information content (AvgIpc) is 2.83. The third kappa shape index (κ3) is 3.51. The van der Waals surface area contributed by atoms with Crippen LogP contribution in [0, 0.1) is 0 Å². The molecule has 1 aromatic heterocycles. The van der Waals surface area contributed by atoms with E-state index in [4.69, 9.17) is 0 Å². The minimum Gasteiger partial charge on any atom is -0.287 e. The molecule has 5 aromatic rings. The third-order valence-corrected chi connectivity index (χ3v) is 5.60. The van der Waals surface area contributed by atoms with Crippen molar-refractivity contribution in [3.05, 3.63) is 126 Å². The lowest BCUT2D eigenvalue weighted by Gasteiger charge is -2.09. The summed E-state index contributed by atoms with van der Waals surface area (Å²) >= 11 is 0. The van der Waals surface area contributed by atoms with E-state index in [0.717, 1.165) is 21.5 Å². The molecule has 148 valence electrons. The van der Waals surface area contributed by atoms with Gasteiger partial charge in [-0.1, -0.05) is 91.0 Å². The molecule has 3 heteroatoms. The first-order valence-electron chi connectivity index (χ1n) is 10.2. The highest BCUT2D eigenvalue weighted by atomic mass is 16.1. The Morgan fingerprint density at radius 3 is 2.00 bits per heavy atom. The second-order valence-electron chi connectivity index (χ2n) is 7.52. The Morgan fingerprint density at radius 2 is 1.23 bits per heavy atom. The van der Waals surface area contributed by atoms with Crippen molar-refractivity contribution in [1.82, 2.24) is 0 Å². The van der Waals surface area contributed by atoms with Gasteiger partial charge >= 0.3 is 0 Å². The SMILES string of the molecule is O=C(C[n+]1ccc2ccccc2c1C(=O)c1cccc2ccccc12)c1ccccc1. The summed E-state index contributed by atoms with van der Waals surface area (Å²) in [5.41, 5.74) is 1.79. The summed E-state index contributed by atoms with van der Waals surface area (Å²) in [4.78, 5) is 26.8. The Kier molecular flexibility index (Phi) is 4.85. The molecule has 0 aliphatic rings. The normalized spacial score (nSPS) is 11.0. The van der Waals surface area contributed by atoms with Crippen molar-refractivity contribution in [2.45, 2.75) is 6.54 Å². The molecule has 5 rings (SSSR count). The van der Waals surface area contributed by atoms with Crippen molar-refractivity contribution in [2.75, 3.05) is 0 Å². The van der Waals surface area contributed by atoms with Gasteiger partial charge in [0.1, 0.15) is 0 Å². The predicted molar refractivity (Wildman–Crippen MR) is 122 cm³/mol. The van der Waals surface area contributed by atoms with Crippen LogP contribution in [-0.4, -0.2) is 11.6 Å². The highest BCUT2D eigenvalue weighted by Crippen LogP contribution is 2.24. The van der Waals surface area contributed by atoms with Crippen molar-refractivity contribution in [1.29, 1.82) is 0 Å². The summed E-state index contributed by atoms with van der Waals surface area (Å²) in [5.74, 6) is -0.123. The Morgan fingerprint density at radius 1 is 0.613 bits per heavy atom. The molecule has 0 saturated carbocycles. The van der Waals surface area contributed by atoms with Gasteiger partial charge in [0.25, 0.3) is 11.5 Å². The molecule has 3 nitrogen and oxygen atoms in total. The van der Waals surface area contributed by atoms with Gasteiger partial charge in [0.15, 0.2) is 6.20 Å². The number of benzene rings is 4. The summed E-state index contributed by atoms with van der Waals surface area (Å²) in [6.07, 6.45) is 1.83. The van der Waals surface area contributed by atoms with Crippen LogP contribution in [0.2, 0.25) is 0 Å². The Bertz CT molecular complexity index is 1430. The van der Waals surface area contributed by atoms with E-state index in [1.165, 1.54) is 0 Å². The molecule has 0 radical (unpaired) electrons. The number of Topliss-reactive ketones (excluding diaryl/α,β-unsaturated/α-hetero) is 1. The van der Waals surface area contributed by atoms with E-state index in [2.05, 4.69) is 0 Å². The molecular formula is C28H20NO2+. The van der Waals surface area contributed by atoms with Crippen LogP contribution in [0.15, 0.2) is 109 Å². The first-order valence-corrected chi connectivity index (χ1v) is 10.2. The maximum Gasteiger partial charge on any atom is 0.261 e. The van der Waals surface area contributed by atoms with Crippen LogP contribution in [0.4, 0.5) is 0 Å². The largest absolute Gasteiger partial charge is 0.287 e. The number of hydrogen-bond donors (Lipinski definition) is 0. The van der Waals surface area contributed by atoms with E-state index >= 15 is 0 Å². The molecule has 1 heterocycles. The van der Waals surface area contributed by atoms with E-state index in [1.807, 2.05) is 97.2 Å². The maximum absolute atomic E-state index is 13.9. The van der Waals surface area contributed by atoms with Crippen LogP contribution in [0.1, 0.15) is 26.4 Å². The average molecular weight is 402 g/mol. The molecule has 0 fully saturated rings. The van der Waals surface area contributed by atoms with Crippen molar-refractivity contribution < 1.29 is 14.2 Å². The van der Waals surface area contributed by atoms with Gasteiger partial charge in [-0.25, -0.2) is 0 Å². The van der Waals surface area contributed by atoms with Crippen LogP contribution >= 0.6 is 0 Å². The highest BCUT2D eigenvalue weighted by molar-refractivity contribution is 6.19. The number of carbonyl (C=O) groups is 2. The summed E-state index contributed by atoms with van der Waals surface area (Å²) in [6, 6.07) is 32.6. The molecule has 0 aliphatic heterocycles. The number of ketones is 2. The van der Waals surface area contributed by atoms with Crippen molar-refractivity contribution in [3.63, 3.8) is 0 Å². The number of rotatable bonds is 5. The fraction of sp³-hybridized carbons (Fsp3) is 0.0357. The molecular weight excluding hydrogens is 382 g/mol.